The summed E-state index contributed by atoms with van der Waals surface area (Å²) in [7, 11) is 1.86. The number of likely N-dealkylation sites (N-methyl/N-ethyl adjacent to an activating group) is 1. The Hall–Kier alpha value is -2.40. The Morgan fingerprint density at radius 2 is 1.83 bits per heavy atom. The first kappa shape index (κ1) is 17.9. The zero-order chi connectivity index (χ0) is 17.5. The van der Waals surface area contributed by atoms with Crippen molar-refractivity contribution in [1.82, 2.24) is 5.32 Å². The summed E-state index contributed by atoms with van der Waals surface area (Å²) in [6.45, 7) is 4.80. The molecule has 0 aliphatic heterocycles. The van der Waals surface area contributed by atoms with Crippen LogP contribution in [0.2, 0.25) is 0 Å². The van der Waals surface area contributed by atoms with Crippen LogP contribution >= 0.6 is 0 Å². The predicted octanol–water partition coefficient (Wildman–Crippen LogP) is 1.21. The molecule has 24 heavy (non-hydrogen) atoms. The van der Waals surface area contributed by atoms with Gasteiger partial charge >= 0.3 is 0 Å². The average molecular weight is 328 g/mol. The van der Waals surface area contributed by atoms with Crippen LogP contribution in [0, 0.1) is 0 Å². The molecule has 0 bridgehead atoms. The van der Waals surface area contributed by atoms with E-state index in [4.69, 9.17) is 0 Å². The second kappa shape index (κ2) is 8.45. The molecule has 0 aliphatic carbocycles. The number of carbonyl (C=O) groups excluding carboxylic acids is 2. The first-order valence-corrected chi connectivity index (χ1v) is 8.40. The van der Waals surface area contributed by atoms with Gasteiger partial charge in [0.1, 0.15) is 0 Å². The third kappa shape index (κ3) is 4.80. The van der Waals surface area contributed by atoms with Crippen molar-refractivity contribution in [3.63, 3.8) is 0 Å². The maximum absolute atomic E-state index is 12.4. The Morgan fingerprint density at radius 3 is 2.54 bits per heavy atom. The smallest absolute Gasteiger partial charge is 0.282 e. The monoisotopic (exact) mass is 328 g/mol. The number of anilines is 1. The van der Waals surface area contributed by atoms with Crippen molar-refractivity contribution >= 4 is 28.3 Å². The Balaban J connectivity index is 1.95. The Kier molecular flexibility index (Phi) is 6.32. The molecule has 2 atom stereocenters. The van der Waals surface area contributed by atoms with Crippen LogP contribution in [0.25, 0.3) is 10.8 Å². The summed E-state index contributed by atoms with van der Waals surface area (Å²) in [6, 6.07) is 13.6. The summed E-state index contributed by atoms with van der Waals surface area (Å²) in [5.41, 5.74) is 0.772. The van der Waals surface area contributed by atoms with Gasteiger partial charge in [0, 0.05) is 12.2 Å². The Bertz CT molecular complexity index is 715. The van der Waals surface area contributed by atoms with Crippen molar-refractivity contribution in [2.24, 2.45) is 0 Å². The van der Waals surface area contributed by atoms with Crippen molar-refractivity contribution in [1.29, 1.82) is 0 Å². The molecule has 2 amide bonds. The van der Waals surface area contributed by atoms with Gasteiger partial charge in [-0.05, 0) is 36.2 Å². The molecular formula is C19H26N3O2+. The van der Waals surface area contributed by atoms with Crippen LogP contribution in [-0.2, 0) is 9.59 Å². The van der Waals surface area contributed by atoms with E-state index in [1.165, 1.54) is 0 Å². The van der Waals surface area contributed by atoms with Gasteiger partial charge in [-0.3, -0.25) is 9.59 Å². The summed E-state index contributed by atoms with van der Waals surface area (Å²) < 4.78 is 0. The van der Waals surface area contributed by atoms with E-state index in [0.717, 1.165) is 27.8 Å². The second-order valence-corrected chi connectivity index (χ2v) is 6.15. The van der Waals surface area contributed by atoms with Crippen molar-refractivity contribution in [3.05, 3.63) is 42.5 Å². The Morgan fingerprint density at radius 1 is 1.12 bits per heavy atom. The molecule has 3 N–H and O–H groups in total. The molecule has 0 saturated heterocycles. The van der Waals surface area contributed by atoms with Gasteiger partial charge in [-0.15, -0.1) is 0 Å². The van der Waals surface area contributed by atoms with Gasteiger partial charge in [0.05, 0.1) is 7.05 Å². The molecule has 128 valence electrons. The highest BCUT2D eigenvalue weighted by atomic mass is 16.2. The van der Waals surface area contributed by atoms with E-state index in [9.17, 15) is 9.59 Å². The van der Waals surface area contributed by atoms with Crippen LogP contribution in [0.15, 0.2) is 42.5 Å². The third-order valence-electron chi connectivity index (χ3n) is 4.16. The van der Waals surface area contributed by atoms with E-state index in [1.54, 1.807) is 0 Å². The molecule has 0 aromatic heterocycles. The Labute approximate surface area is 143 Å². The largest absolute Gasteiger partial charge is 0.351 e. The normalized spacial score (nSPS) is 13.3. The van der Waals surface area contributed by atoms with Crippen molar-refractivity contribution in [2.75, 3.05) is 25.5 Å². The SMILES string of the molecule is CCCNC(=O)C[NH+](C)[C@@H](C)C(=O)Nc1ccc2ccccc2c1. The quantitative estimate of drug-likeness (QED) is 0.715. The first-order valence-electron chi connectivity index (χ1n) is 8.40. The molecule has 2 aromatic rings. The van der Waals surface area contributed by atoms with E-state index in [2.05, 4.69) is 10.6 Å². The molecule has 0 aliphatic rings. The van der Waals surface area contributed by atoms with Crippen molar-refractivity contribution in [3.8, 4) is 0 Å². The van der Waals surface area contributed by atoms with Gasteiger partial charge in [0.15, 0.2) is 12.6 Å². The summed E-state index contributed by atoms with van der Waals surface area (Å²) in [5, 5.41) is 8.00. The van der Waals surface area contributed by atoms with Crippen LogP contribution < -0.4 is 15.5 Å². The molecule has 0 fully saturated rings. The minimum absolute atomic E-state index is 0.0281. The van der Waals surface area contributed by atoms with Gasteiger partial charge in [0.2, 0.25) is 0 Å². The molecule has 0 radical (unpaired) electrons. The highest BCUT2D eigenvalue weighted by Gasteiger charge is 2.23. The molecule has 5 nitrogen and oxygen atoms in total. The summed E-state index contributed by atoms with van der Waals surface area (Å²) in [4.78, 5) is 25.1. The minimum Gasteiger partial charge on any atom is -0.351 e. The van der Waals surface area contributed by atoms with Crippen LogP contribution in [0.1, 0.15) is 20.3 Å². The molecule has 0 saturated carbocycles. The average Bonchev–Trinajstić information content (AvgIpc) is 2.59. The summed E-state index contributed by atoms with van der Waals surface area (Å²) in [6.07, 6.45) is 0.906. The molecular weight excluding hydrogens is 302 g/mol. The molecule has 0 spiro atoms. The maximum Gasteiger partial charge on any atom is 0.282 e. The molecule has 2 rings (SSSR count). The fraction of sp³-hybridized carbons (Fsp3) is 0.368. The van der Waals surface area contributed by atoms with Gasteiger partial charge < -0.3 is 15.5 Å². The topological polar surface area (TPSA) is 62.6 Å². The predicted molar refractivity (Wildman–Crippen MR) is 97.1 cm³/mol. The minimum atomic E-state index is -0.316. The number of amides is 2. The van der Waals surface area contributed by atoms with E-state index in [-0.39, 0.29) is 24.4 Å². The van der Waals surface area contributed by atoms with Crippen LogP contribution in [-0.4, -0.2) is 38.0 Å². The number of quaternary nitrogens is 1. The van der Waals surface area contributed by atoms with Gasteiger partial charge in [-0.1, -0.05) is 37.3 Å². The molecule has 5 heteroatoms. The zero-order valence-corrected chi connectivity index (χ0v) is 14.6. The number of hydrogen-bond acceptors (Lipinski definition) is 2. The summed E-state index contributed by atoms with van der Waals surface area (Å²) in [5.74, 6) is -0.120. The number of carbonyl (C=O) groups is 2. The van der Waals surface area contributed by atoms with Gasteiger partial charge in [0.25, 0.3) is 11.8 Å². The van der Waals surface area contributed by atoms with Crippen molar-refractivity contribution in [2.45, 2.75) is 26.3 Å². The third-order valence-corrected chi connectivity index (χ3v) is 4.16. The molecule has 1 unspecified atom stereocenters. The fourth-order valence-electron chi connectivity index (χ4n) is 2.47. The number of nitrogens with one attached hydrogen (secondary N) is 3. The lowest BCUT2D eigenvalue weighted by Crippen LogP contribution is -3.15. The van der Waals surface area contributed by atoms with Crippen LogP contribution in [0.3, 0.4) is 0 Å². The van der Waals surface area contributed by atoms with E-state index in [1.807, 2.05) is 63.4 Å². The van der Waals surface area contributed by atoms with Crippen molar-refractivity contribution < 1.29 is 14.5 Å². The highest BCUT2D eigenvalue weighted by Crippen LogP contribution is 2.18. The van der Waals surface area contributed by atoms with Crippen LogP contribution in [0.4, 0.5) is 5.69 Å². The lowest BCUT2D eigenvalue weighted by molar-refractivity contribution is -0.885. The van der Waals surface area contributed by atoms with Gasteiger partial charge in [-0.25, -0.2) is 0 Å². The fourth-order valence-corrected chi connectivity index (χ4v) is 2.47. The maximum atomic E-state index is 12.4. The standard InChI is InChI=1S/C19H25N3O2/c1-4-11-20-18(23)13-22(3)14(2)19(24)21-17-10-9-15-7-5-6-8-16(15)12-17/h5-10,12,14H,4,11,13H2,1-3H3,(H,20,23)(H,21,24)/p+1/t14-/m0/s1. The van der Waals surface area contributed by atoms with E-state index >= 15 is 0 Å². The molecule has 2 aromatic carbocycles. The van der Waals surface area contributed by atoms with Gasteiger partial charge in [-0.2, -0.15) is 0 Å². The first-order chi connectivity index (χ1) is 11.5. The number of fused-ring (bicyclic) bond motifs is 1. The van der Waals surface area contributed by atoms with Crippen LogP contribution in [0.5, 0.6) is 0 Å². The lowest BCUT2D eigenvalue weighted by atomic mass is 10.1. The zero-order valence-electron chi connectivity index (χ0n) is 14.6. The van der Waals surface area contributed by atoms with E-state index in [0.29, 0.717) is 6.54 Å². The van der Waals surface area contributed by atoms with E-state index < -0.39 is 0 Å². The molecule has 0 heterocycles. The number of rotatable bonds is 7. The second-order valence-electron chi connectivity index (χ2n) is 6.15. The summed E-state index contributed by atoms with van der Waals surface area (Å²) >= 11 is 0. The lowest BCUT2D eigenvalue weighted by Gasteiger charge is -2.20. The number of hydrogen-bond donors (Lipinski definition) is 3. The number of benzene rings is 2. The highest BCUT2D eigenvalue weighted by molar-refractivity contribution is 5.96.